The summed E-state index contributed by atoms with van der Waals surface area (Å²) in [4.78, 5) is 70.2. The van der Waals surface area contributed by atoms with Crippen LogP contribution in [0.2, 0.25) is 20.1 Å². The van der Waals surface area contributed by atoms with Crippen LogP contribution in [0, 0.1) is 41.5 Å². The van der Waals surface area contributed by atoms with Gasteiger partial charge in [0, 0.05) is 24.3 Å². The van der Waals surface area contributed by atoms with Gasteiger partial charge < -0.3 is 47.4 Å². The summed E-state index contributed by atoms with van der Waals surface area (Å²) in [6, 6.07) is 40.6. The average molecular weight is 1340 g/mol. The van der Waals surface area contributed by atoms with Gasteiger partial charge in [0.2, 0.25) is 0 Å². The van der Waals surface area contributed by atoms with Crippen molar-refractivity contribution in [1.82, 2.24) is 0 Å². The Hall–Kier alpha value is -10.8. The van der Waals surface area contributed by atoms with E-state index in [1.165, 1.54) is 0 Å². The fourth-order valence-electron chi connectivity index (χ4n) is 10.1. The molecule has 10 aromatic carbocycles. The molecule has 10 aromatic rings. The Balaban J connectivity index is 0.000000171. The summed E-state index contributed by atoms with van der Waals surface area (Å²) in [6.07, 6.45) is 0. The number of halogens is 4. The molecule has 14 rings (SSSR count). The molecular formula is C72H48Cl4N4O14. The summed E-state index contributed by atoms with van der Waals surface area (Å²) in [7, 11) is 3.09. The van der Waals surface area contributed by atoms with Gasteiger partial charge in [-0.25, -0.2) is 39.1 Å². The number of hydrogen-bond acceptors (Lipinski definition) is 18. The van der Waals surface area contributed by atoms with Crippen molar-refractivity contribution in [2.45, 2.75) is 41.5 Å². The molecule has 0 spiro atoms. The van der Waals surface area contributed by atoms with Gasteiger partial charge in [-0.15, -0.1) is 0 Å². The second-order valence-electron chi connectivity index (χ2n) is 21.9. The van der Waals surface area contributed by atoms with Crippen LogP contribution in [-0.4, -0.2) is 38.1 Å². The molecule has 0 amide bonds. The third-order valence-corrected chi connectivity index (χ3v) is 16.7. The minimum Gasteiger partial charge on any atom is -0.497 e. The van der Waals surface area contributed by atoms with Gasteiger partial charge in [0.25, 0.3) is 0 Å². The third kappa shape index (κ3) is 11.9. The second kappa shape index (κ2) is 25.0. The Kier molecular flexibility index (Phi) is 16.5. The summed E-state index contributed by atoms with van der Waals surface area (Å²) in [6.45, 7) is 11.0. The maximum Gasteiger partial charge on any atom is 0.343 e. The average Bonchev–Trinajstić information content (AvgIpc) is 0.742. The molecule has 0 saturated carbocycles. The largest absolute Gasteiger partial charge is 0.497 e. The van der Waals surface area contributed by atoms with E-state index in [4.69, 9.17) is 114 Å². The number of methoxy groups -OCH3 is 2. The molecule has 0 aromatic heterocycles. The molecule has 0 N–H and O–H groups in total. The lowest BCUT2D eigenvalue weighted by Crippen LogP contribution is -2.22. The molecule has 4 aliphatic rings. The summed E-state index contributed by atoms with van der Waals surface area (Å²) in [5.41, 5.74) is 8.05. The quantitative estimate of drug-likeness (QED) is 0.0921. The van der Waals surface area contributed by atoms with Gasteiger partial charge >= 0.3 is 23.9 Å². The number of aryl methyl sites for hydroxylation is 6. The normalized spacial score (nSPS) is 12.0. The van der Waals surface area contributed by atoms with E-state index in [1.54, 1.807) is 163 Å². The monoisotopic (exact) mass is 1330 g/mol. The molecule has 0 bridgehead atoms. The molecule has 22 heteroatoms. The molecule has 0 unspecified atom stereocenters. The number of carbonyl (C=O) groups excluding carboxylic acids is 4. The maximum atomic E-state index is 12.9. The van der Waals surface area contributed by atoms with E-state index >= 15 is 0 Å². The summed E-state index contributed by atoms with van der Waals surface area (Å²) in [5, 5.41) is 1.53. The maximum absolute atomic E-state index is 12.9. The van der Waals surface area contributed by atoms with Crippen molar-refractivity contribution >= 4 is 93.0 Å². The van der Waals surface area contributed by atoms with Crippen molar-refractivity contribution in [3.05, 3.63) is 243 Å². The molecule has 18 nitrogen and oxygen atoms in total. The molecule has 0 aliphatic carbocycles. The summed E-state index contributed by atoms with van der Waals surface area (Å²) < 4.78 is 57.9. The van der Waals surface area contributed by atoms with Crippen molar-refractivity contribution < 1.29 is 66.5 Å². The Labute approximate surface area is 555 Å². The Morgan fingerprint density at radius 2 is 0.532 bits per heavy atom. The van der Waals surface area contributed by atoms with Crippen LogP contribution in [0.3, 0.4) is 0 Å². The minimum atomic E-state index is -0.549. The third-order valence-electron chi connectivity index (χ3n) is 15.3. The zero-order chi connectivity index (χ0) is 66.0. The van der Waals surface area contributed by atoms with Crippen molar-refractivity contribution in [1.29, 1.82) is 0 Å². The first kappa shape index (κ1) is 62.1. The number of rotatable bonds is 10. The number of hydrogen-bond donors (Lipinski definition) is 0. The highest BCUT2D eigenvalue weighted by molar-refractivity contribution is 6.36. The molecule has 4 aliphatic heterocycles. The number of fused-ring (bicyclic) bond motifs is 8. The zero-order valence-corrected chi connectivity index (χ0v) is 53.9. The van der Waals surface area contributed by atoms with Gasteiger partial charge in [0.1, 0.15) is 98.8 Å². The molecule has 94 heavy (non-hydrogen) atoms. The van der Waals surface area contributed by atoms with E-state index in [-0.39, 0.29) is 76.0 Å². The van der Waals surface area contributed by atoms with E-state index in [1.807, 2.05) is 38.1 Å². The van der Waals surface area contributed by atoms with Crippen molar-refractivity contribution in [2.24, 2.45) is 20.0 Å². The van der Waals surface area contributed by atoms with Crippen LogP contribution in [0.25, 0.3) is 0 Å². The standard InChI is InChI=1S/C36H24Cl2N2O8.C36H24Cl2N2O6/c1-17-13-23-27(15-25(17)47-35(41)19-5-9-21(43-3)10-6-19)45-33-30(38)32-34(29(37)31(33)39-23)46-28-16-26(18(2)14-24(28)40-32)48-36(42)20-7-11-22(44-4)12-8-20;1-17-5-9-21(10-6-17)35(41)45-25-15-27-23(13-19(25)3)39-31-30(38)34-32(29(37)33(31)43-27)40-24-14-20(4)26(16-28(24)44-34)46-36(42)22-11-7-18(2)8-12-22/h5-16H,1-4H3;5-16H,1-4H3. The Bertz CT molecular complexity index is 4860. The summed E-state index contributed by atoms with van der Waals surface area (Å²) >= 11 is 27.4. The highest BCUT2D eigenvalue weighted by Gasteiger charge is 2.32. The number of carbonyl (C=O) groups is 4. The lowest BCUT2D eigenvalue weighted by molar-refractivity contribution is 0.0723. The topological polar surface area (TPSA) is 210 Å². The predicted molar refractivity (Wildman–Crippen MR) is 349 cm³/mol. The first-order chi connectivity index (χ1) is 45.2. The van der Waals surface area contributed by atoms with E-state index in [0.717, 1.165) is 11.1 Å². The van der Waals surface area contributed by atoms with Crippen molar-refractivity contribution in [3.8, 4) is 80.5 Å². The smallest absolute Gasteiger partial charge is 0.343 e. The number of nitrogens with zero attached hydrogens (tertiary/aromatic N) is 4. The van der Waals surface area contributed by atoms with Crippen LogP contribution in [0.5, 0.6) is 80.5 Å². The molecule has 0 atom stereocenters. The van der Waals surface area contributed by atoms with Crippen LogP contribution in [0.1, 0.15) is 74.8 Å². The second-order valence-corrected chi connectivity index (χ2v) is 23.4. The molecule has 0 fully saturated rings. The zero-order valence-electron chi connectivity index (χ0n) is 50.9. The number of esters is 4. The first-order valence-electron chi connectivity index (χ1n) is 28.8. The predicted octanol–water partition coefficient (Wildman–Crippen LogP) is 17.0. The van der Waals surface area contributed by atoms with Gasteiger partial charge in [0.15, 0.2) is 46.0 Å². The van der Waals surface area contributed by atoms with E-state index in [0.29, 0.717) is 113 Å². The van der Waals surface area contributed by atoms with Crippen LogP contribution in [-0.2, 0) is 0 Å². The lowest BCUT2D eigenvalue weighted by Gasteiger charge is -2.22. The molecular weight excluding hydrogens is 1290 g/mol. The Morgan fingerprint density at radius 3 is 0.745 bits per heavy atom. The van der Waals surface area contributed by atoms with Gasteiger partial charge in [0.05, 0.1) is 36.5 Å². The van der Waals surface area contributed by atoms with Gasteiger partial charge in [-0.3, -0.25) is 0 Å². The highest BCUT2D eigenvalue weighted by Crippen LogP contribution is 2.48. The Morgan fingerprint density at radius 1 is 0.319 bits per heavy atom. The van der Waals surface area contributed by atoms with Gasteiger partial charge in [-0.2, -0.15) is 0 Å². The van der Waals surface area contributed by atoms with Crippen LogP contribution in [0.4, 0.5) is 22.7 Å². The van der Waals surface area contributed by atoms with Gasteiger partial charge in [-0.1, -0.05) is 81.8 Å². The fraction of sp³-hybridized carbons (Fsp3) is 0.111. The fourth-order valence-corrected chi connectivity index (χ4v) is 11.2. The van der Waals surface area contributed by atoms with E-state index in [2.05, 4.69) is 0 Å². The van der Waals surface area contributed by atoms with Crippen LogP contribution >= 0.6 is 46.4 Å². The number of benzene rings is 10. The van der Waals surface area contributed by atoms with Gasteiger partial charge in [-0.05, 0) is 161 Å². The number of ether oxygens (including phenoxy) is 10. The van der Waals surface area contributed by atoms with E-state index in [9.17, 15) is 19.2 Å². The van der Waals surface area contributed by atoms with Crippen LogP contribution < -0.4 is 68.8 Å². The molecule has 4 heterocycles. The first-order valence-corrected chi connectivity index (χ1v) is 30.3. The van der Waals surface area contributed by atoms with Crippen molar-refractivity contribution in [3.63, 3.8) is 0 Å². The minimum absolute atomic E-state index is 0.120. The molecule has 0 radical (unpaired) electrons. The van der Waals surface area contributed by atoms with Crippen molar-refractivity contribution in [2.75, 3.05) is 14.2 Å². The molecule has 468 valence electrons. The molecule has 0 saturated heterocycles. The van der Waals surface area contributed by atoms with E-state index < -0.39 is 23.9 Å². The highest BCUT2D eigenvalue weighted by atomic mass is 35.5. The SMILES string of the molecule is COc1ccc(C(=O)Oc2cc3c(cc2C)N=c2c(Cl)c4c(c(Cl)c2O3)=Nc2cc(C)c(OC(=O)c3ccc(OC)cc3)cc2O4)cc1.Cc1ccc(C(=O)Oc2cc3c(cc2C)N=c2c(Cl)c4c(c(Cl)c2O3)=Nc2cc(C)c(OC(=O)c3ccc(C)cc3)cc2O4)cc1. The summed E-state index contributed by atoms with van der Waals surface area (Å²) in [5.74, 6) is 2.35. The lowest BCUT2D eigenvalue weighted by atomic mass is 10.1. The van der Waals surface area contributed by atoms with Crippen LogP contribution in [0.15, 0.2) is 166 Å².